The molecule has 0 aliphatic heterocycles. The molecule has 5 nitrogen and oxygen atoms in total. The molecule has 0 heterocycles. The first-order chi connectivity index (χ1) is 9.56. The molecule has 0 fully saturated rings. The number of amides is 2. The normalized spacial score (nSPS) is 11.8. The standard InChI is InChI=1S/C15H22N2O3/c1-4-13(20-3)15(19)16-9-8-14(18)17-12-7-5-6-11(2)10-12/h5-7,10,13H,4,8-9H2,1-3H3,(H,16,19)(H,17,18). The van der Waals surface area contributed by atoms with Gasteiger partial charge in [-0.1, -0.05) is 19.1 Å². The van der Waals surface area contributed by atoms with E-state index >= 15 is 0 Å². The van der Waals surface area contributed by atoms with E-state index < -0.39 is 6.10 Å². The van der Waals surface area contributed by atoms with Crippen LogP contribution in [0.5, 0.6) is 0 Å². The van der Waals surface area contributed by atoms with Crippen molar-refractivity contribution in [2.45, 2.75) is 32.8 Å². The zero-order valence-electron chi connectivity index (χ0n) is 12.2. The summed E-state index contributed by atoms with van der Waals surface area (Å²) >= 11 is 0. The number of anilines is 1. The number of benzene rings is 1. The molecule has 1 aromatic carbocycles. The number of rotatable bonds is 7. The van der Waals surface area contributed by atoms with Crippen LogP contribution < -0.4 is 10.6 Å². The summed E-state index contributed by atoms with van der Waals surface area (Å²) in [7, 11) is 1.50. The molecule has 0 saturated carbocycles. The van der Waals surface area contributed by atoms with Gasteiger partial charge in [0.15, 0.2) is 0 Å². The van der Waals surface area contributed by atoms with Crippen molar-refractivity contribution in [1.29, 1.82) is 0 Å². The summed E-state index contributed by atoms with van der Waals surface area (Å²) in [6.07, 6.45) is 0.396. The van der Waals surface area contributed by atoms with Gasteiger partial charge < -0.3 is 15.4 Å². The number of carbonyl (C=O) groups excluding carboxylic acids is 2. The smallest absolute Gasteiger partial charge is 0.249 e. The molecule has 110 valence electrons. The maximum absolute atomic E-state index is 11.7. The maximum atomic E-state index is 11.7. The Bertz CT molecular complexity index is 456. The first kappa shape index (κ1) is 16.2. The van der Waals surface area contributed by atoms with Crippen molar-refractivity contribution in [3.8, 4) is 0 Å². The molecule has 0 bridgehead atoms. The van der Waals surface area contributed by atoms with Crippen LogP contribution in [0.4, 0.5) is 5.69 Å². The van der Waals surface area contributed by atoms with Gasteiger partial charge in [-0.15, -0.1) is 0 Å². The third kappa shape index (κ3) is 5.40. The minimum atomic E-state index is -0.449. The van der Waals surface area contributed by atoms with Crippen LogP contribution in [0.25, 0.3) is 0 Å². The Balaban J connectivity index is 2.32. The molecule has 0 radical (unpaired) electrons. The molecule has 0 spiro atoms. The molecular weight excluding hydrogens is 256 g/mol. The molecular formula is C15H22N2O3. The number of aryl methyl sites for hydroxylation is 1. The van der Waals surface area contributed by atoms with Crippen LogP contribution >= 0.6 is 0 Å². The monoisotopic (exact) mass is 278 g/mol. The Morgan fingerprint density at radius 1 is 1.35 bits per heavy atom. The molecule has 2 amide bonds. The van der Waals surface area contributed by atoms with Gasteiger partial charge in [0.25, 0.3) is 0 Å². The summed E-state index contributed by atoms with van der Waals surface area (Å²) in [5.41, 5.74) is 1.85. The van der Waals surface area contributed by atoms with E-state index in [1.165, 1.54) is 7.11 Å². The van der Waals surface area contributed by atoms with Gasteiger partial charge in [0.05, 0.1) is 0 Å². The third-order valence-electron chi connectivity index (χ3n) is 2.90. The number of hydrogen-bond acceptors (Lipinski definition) is 3. The van der Waals surface area contributed by atoms with Crippen LogP contribution in [0.2, 0.25) is 0 Å². The van der Waals surface area contributed by atoms with Gasteiger partial charge in [0.2, 0.25) is 11.8 Å². The minimum Gasteiger partial charge on any atom is -0.372 e. The number of ether oxygens (including phenoxy) is 1. The lowest BCUT2D eigenvalue weighted by atomic mass is 10.2. The average molecular weight is 278 g/mol. The van der Waals surface area contributed by atoms with Crippen molar-refractivity contribution < 1.29 is 14.3 Å². The van der Waals surface area contributed by atoms with E-state index in [-0.39, 0.29) is 18.2 Å². The van der Waals surface area contributed by atoms with E-state index in [1.54, 1.807) is 0 Å². The Kier molecular flexibility index (Phi) is 6.73. The van der Waals surface area contributed by atoms with Crippen LogP contribution in [-0.2, 0) is 14.3 Å². The number of carbonyl (C=O) groups is 2. The predicted octanol–water partition coefficient (Wildman–Crippen LogP) is 1.86. The largest absolute Gasteiger partial charge is 0.372 e. The number of methoxy groups -OCH3 is 1. The van der Waals surface area contributed by atoms with Gasteiger partial charge in [-0.3, -0.25) is 9.59 Å². The fraction of sp³-hybridized carbons (Fsp3) is 0.467. The molecule has 5 heteroatoms. The molecule has 0 aliphatic rings. The van der Waals surface area contributed by atoms with Gasteiger partial charge in [0.1, 0.15) is 6.10 Å². The van der Waals surface area contributed by atoms with Crippen LogP contribution in [0.1, 0.15) is 25.3 Å². The SMILES string of the molecule is CCC(OC)C(=O)NCCC(=O)Nc1cccc(C)c1. The van der Waals surface area contributed by atoms with Crippen molar-refractivity contribution in [1.82, 2.24) is 5.32 Å². The lowest BCUT2D eigenvalue weighted by Gasteiger charge is -2.13. The highest BCUT2D eigenvalue weighted by Gasteiger charge is 2.14. The second kappa shape index (κ2) is 8.32. The zero-order chi connectivity index (χ0) is 15.0. The number of nitrogens with one attached hydrogen (secondary N) is 2. The summed E-state index contributed by atoms with van der Waals surface area (Å²) in [5, 5.41) is 5.48. The molecule has 20 heavy (non-hydrogen) atoms. The van der Waals surface area contributed by atoms with Gasteiger partial charge in [-0.05, 0) is 31.0 Å². The van der Waals surface area contributed by atoms with Crippen LogP contribution in [0.3, 0.4) is 0 Å². The second-order valence-electron chi connectivity index (χ2n) is 4.59. The highest BCUT2D eigenvalue weighted by Crippen LogP contribution is 2.09. The van der Waals surface area contributed by atoms with E-state index in [0.717, 1.165) is 11.3 Å². The van der Waals surface area contributed by atoms with Gasteiger partial charge in [-0.2, -0.15) is 0 Å². The molecule has 1 aromatic rings. The van der Waals surface area contributed by atoms with E-state index in [2.05, 4.69) is 10.6 Å². The van der Waals surface area contributed by atoms with E-state index in [1.807, 2.05) is 38.1 Å². The van der Waals surface area contributed by atoms with Crippen molar-refractivity contribution in [2.75, 3.05) is 19.0 Å². The maximum Gasteiger partial charge on any atom is 0.249 e. The van der Waals surface area contributed by atoms with Crippen molar-refractivity contribution in [2.24, 2.45) is 0 Å². The minimum absolute atomic E-state index is 0.124. The van der Waals surface area contributed by atoms with Gasteiger partial charge >= 0.3 is 0 Å². The topological polar surface area (TPSA) is 67.4 Å². The molecule has 2 N–H and O–H groups in total. The summed E-state index contributed by atoms with van der Waals surface area (Å²) in [4.78, 5) is 23.3. The molecule has 0 aromatic heterocycles. The third-order valence-corrected chi connectivity index (χ3v) is 2.90. The van der Waals surface area contributed by atoms with Crippen LogP contribution in [-0.4, -0.2) is 31.6 Å². The summed E-state index contributed by atoms with van der Waals surface area (Å²) < 4.78 is 5.02. The number of hydrogen-bond donors (Lipinski definition) is 2. The van der Waals surface area contributed by atoms with Gasteiger partial charge in [-0.25, -0.2) is 0 Å². The molecule has 1 rings (SSSR count). The molecule has 1 atom stereocenters. The Morgan fingerprint density at radius 2 is 2.10 bits per heavy atom. The molecule has 0 aliphatic carbocycles. The highest BCUT2D eigenvalue weighted by atomic mass is 16.5. The van der Waals surface area contributed by atoms with Crippen molar-refractivity contribution >= 4 is 17.5 Å². The first-order valence-corrected chi connectivity index (χ1v) is 6.73. The Labute approximate surface area is 119 Å². The summed E-state index contributed by atoms with van der Waals surface area (Å²) in [6.45, 7) is 4.14. The fourth-order valence-corrected chi connectivity index (χ4v) is 1.82. The Morgan fingerprint density at radius 3 is 2.70 bits per heavy atom. The van der Waals surface area contributed by atoms with Crippen LogP contribution in [0.15, 0.2) is 24.3 Å². The van der Waals surface area contributed by atoms with E-state index in [4.69, 9.17) is 4.74 Å². The van der Waals surface area contributed by atoms with Crippen molar-refractivity contribution in [3.63, 3.8) is 0 Å². The molecule has 1 unspecified atom stereocenters. The first-order valence-electron chi connectivity index (χ1n) is 6.73. The average Bonchev–Trinajstić information content (AvgIpc) is 2.40. The van der Waals surface area contributed by atoms with Crippen molar-refractivity contribution in [3.05, 3.63) is 29.8 Å². The quantitative estimate of drug-likeness (QED) is 0.800. The lowest BCUT2D eigenvalue weighted by molar-refractivity contribution is -0.131. The predicted molar refractivity (Wildman–Crippen MR) is 78.5 cm³/mol. The van der Waals surface area contributed by atoms with E-state index in [9.17, 15) is 9.59 Å². The Hall–Kier alpha value is -1.88. The lowest BCUT2D eigenvalue weighted by Crippen LogP contribution is -2.37. The summed E-state index contributed by atoms with van der Waals surface area (Å²) in [5.74, 6) is -0.306. The summed E-state index contributed by atoms with van der Waals surface area (Å²) in [6, 6.07) is 7.58. The highest BCUT2D eigenvalue weighted by molar-refractivity contribution is 5.91. The van der Waals surface area contributed by atoms with Crippen LogP contribution in [0, 0.1) is 6.92 Å². The zero-order valence-corrected chi connectivity index (χ0v) is 12.2. The van der Waals surface area contributed by atoms with E-state index in [0.29, 0.717) is 13.0 Å². The molecule has 0 saturated heterocycles. The fourth-order valence-electron chi connectivity index (χ4n) is 1.82. The second-order valence-corrected chi connectivity index (χ2v) is 4.59. The van der Waals surface area contributed by atoms with Gasteiger partial charge in [0, 0.05) is 25.8 Å².